The van der Waals surface area contributed by atoms with Crippen molar-refractivity contribution >= 4 is 22.4 Å². The standard InChI is InChI=1S/C24H26N2O3/c1-16-8-10-18(14-21(16)27)25-23(28)24(2)12-13-26(24)15-17-9-11-22(29-3)20-7-5-4-6-19(17)20/h4-11,14,27H,12-13,15H2,1-3H3,(H,25,28). The molecule has 3 aromatic rings. The van der Waals surface area contributed by atoms with Crippen LogP contribution in [0.2, 0.25) is 0 Å². The van der Waals surface area contributed by atoms with E-state index in [4.69, 9.17) is 4.74 Å². The number of anilines is 1. The van der Waals surface area contributed by atoms with Crippen molar-refractivity contribution in [2.24, 2.45) is 0 Å². The number of hydrogen-bond donors (Lipinski definition) is 2. The Morgan fingerprint density at radius 2 is 1.93 bits per heavy atom. The zero-order valence-corrected chi connectivity index (χ0v) is 17.0. The van der Waals surface area contributed by atoms with Crippen LogP contribution >= 0.6 is 0 Å². The van der Waals surface area contributed by atoms with E-state index in [1.165, 1.54) is 5.56 Å². The number of carbonyl (C=O) groups excluding carboxylic acids is 1. The Balaban J connectivity index is 1.55. The average Bonchev–Trinajstić information content (AvgIpc) is 2.73. The topological polar surface area (TPSA) is 61.8 Å². The number of phenolic OH excluding ortho intramolecular Hbond substituents is 1. The van der Waals surface area contributed by atoms with Crippen LogP contribution in [0, 0.1) is 6.92 Å². The molecule has 1 saturated heterocycles. The van der Waals surface area contributed by atoms with E-state index >= 15 is 0 Å². The second-order valence-corrected chi connectivity index (χ2v) is 7.87. The van der Waals surface area contributed by atoms with Crippen molar-refractivity contribution in [1.29, 1.82) is 0 Å². The van der Waals surface area contributed by atoms with E-state index in [0.717, 1.165) is 35.1 Å². The molecule has 2 N–H and O–H groups in total. The van der Waals surface area contributed by atoms with Crippen LogP contribution in [0.4, 0.5) is 5.69 Å². The number of nitrogens with zero attached hydrogens (tertiary/aromatic N) is 1. The molecular weight excluding hydrogens is 364 g/mol. The fourth-order valence-electron chi connectivity index (χ4n) is 3.92. The lowest BCUT2D eigenvalue weighted by atomic mass is 9.84. The largest absolute Gasteiger partial charge is 0.508 e. The summed E-state index contributed by atoms with van der Waals surface area (Å²) in [5.74, 6) is 0.987. The summed E-state index contributed by atoms with van der Waals surface area (Å²) in [7, 11) is 1.68. The van der Waals surface area contributed by atoms with Crippen LogP contribution in [0.25, 0.3) is 10.8 Å². The first-order chi connectivity index (χ1) is 13.9. The summed E-state index contributed by atoms with van der Waals surface area (Å²) in [6.45, 7) is 5.36. The molecule has 0 bridgehead atoms. The maximum Gasteiger partial charge on any atom is 0.244 e. The molecule has 1 heterocycles. The maximum absolute atomic E-state index is 13.0. The zero-order valence-electron chi connectivity index (χ0n) is 17.0. The van der Waals surface area contributed by atoms with Crippen molar-refractivity contribution < 1.29 is 14.6 Å². The quantitative estimate of drug-likeness (QED) is 0.675. The van der Waals surface area contributed by atoms with Gasteiger partial charge in [0.25, 0.3) is 0 Å². The number of amides is 1. The Bertz CT molecular complexity index is 1080. The Morgan fingerprint density at radius 1 is 1.17 bits per heavy atom. The van der Waals surface area contributed by atoms with Crippen molar-refractivity contribution in [3.8, 4) is 11.5 Å². The monoisotopic (exact) mass is 390 g/mol. The number of methoxy groups -OCH3 is 1. The van der Waals surface area contributed by atoms with Crippen molar-refractivity contribution in [3.63, 3.8) is 0 Å². The number of aryl methyl sites for hydroxylation is 1. The first-order valence-electron chi connectivity index (χ1n) is 9.83. The number of hydrogen-bond acceptors (Lipinski definition) is 4. The van der Waals surface area contributed by atoms with Crippen molar-refractivity contribution in [1.82, 2.24) is 4.90 Å². The summed E-state index contributed by atoms with van der Waals surface area (Å²) in [4.78, 5) is 15.2. The first-order valence-corrected chi connectivity index (χ1v) is 9.83. The van der Waals surface area contributed by atoms with Crippen LogP contribution in [-0.2, 0) is 11.3 Å². The van der Waals surface area contributed by atoms with E-state index in [0.29, 0.717) is 12.2 Å². The summed E-state index contributed by atoms with van der Waals surface area (Å²) in [6.07, 6.45) is 0.796. The molecule has 1 fully saturated rings. The highest BCUT2D eigenvalue weighted by Crippen LogP contribution is 2.36. The number of carbonyl (C=O) groups is 1. The van der Waals surface area contributed by atoms with Crippen LogP contribution in [0.15, 0.2) is 54.6 Å². The van der Waals surface area contributed by atoms with E-state index in [-0.39, 0.29) is 11.7 Å². The van der Waals surface area contributed by atoms with Crippen molar-refractivity contribution in [2.75, 3.05) is 19.0 Å². The van der Waals surface area contributed by atoms with Gasteiger partial charge in [-0.05, 0) is 48.9 Å². The van der Waals surface area contributed by atoms with Gasteiger partial charge in [-0.1, -0.05) is 36.4 Å². The minimum Gasteiger partial charge on any atom is -0.508 e. The Labute approximate surface area is 170 Å². The summed E-state index contributed by atoms with van der Waals surface area (Å²) in [6, 6.07) is 17.5. The first kappa shape index (κ1) is 19.3. The molecular formula is C24H26N2O3. The number of likely N-dealkylation sites (tertiary alicyclic amines) is 1. The molecule has 1 aliphatic rings. The molecule has 5 heteroatoms. The number of aromatic hydroxyl groups is 1. The number of benzene rings is 3. The van der Waals surface area contributed by atoms with Gasteiger partial charge >= 0.3 is 0 Å². The van der Waals surface area contributed by atoms with Crippen LogP contribution in [0.5, 0.6) is 11.5 Å². The number of ether oxygens (including phenoxy) is 1. The van der Waals surface area contributed by atoms with Gasteiger partial charge in [0.05, 0.1) is 12.6 Å². The van der Waals surface area contributed by atoms with Crippen LogP contribution in [0.3, 0.4) is 0 Å². The van der Waals surface area contributed by atoms with Gasteiger partial charge in [-0.15, -0.1) is 0 Å². The van der Waals surface area contributed by atoms with Crippen molar-refractivity contribution in [3.05, 3.63) is 65.7 Å². The number of rotatable bonds is 5. The molecule has 1 aliphatic heterocycles. The lowest BCUT2D eigenvalue weighted by Crippen LogP contribution is -2.63. The predicted molar refractivity (Wildman–Crippen MR) is 115 cm³/mol. The van der Waals surface area contributed by atoms with Gasteiger partial charge in [-0.3, -0.25) is 9.69 Å². The van der Waals surface area contributed by atoms with Gasteiger partial charge in [0.2, 0.25) is 5.91 Å². The highest BCUT2D eigenvalue weighted by Gasteiger charge is 2.46. The lowest BCUT2D eigenvalue weighted by Gasteiger charge is -2.49. The maximum atomic E-state index is 13.0. The molecule has 0 saturated carbocycles. The fraction of sp³-hybridized carbons (Fsp3) is 0.292. The normalized spacial score (nSPS) is 19.0. The zero-order chi connectivity index (χ0) is 20.6. The van der Waals surface area contributed by atoms with Gasteiger partial charge < -0.3 is 15.2 Å². The van der Waals surface area contributed by atoms with Crippen LogP contribution in [0.1, 0.15) is 24.5 Å². The third-order valence-electron chi connectivity index (χ3n) is 6.08. The molecule has 1 atom stereocenters. The van der Waals surface area contributed by atoms with Crippen LogP contribution < -0.4 is 10.1 Å². The van der Waals surface area contributed by atoms with Crippen molar-refractivity contribution in [2.45, 2.75) is 32.4 Å². The predicted octanol–water partition coefficient (Wildman–Crippen LogP) is 4.47. The lowest BCUT2D eigenvalue weighted by molar-refractivity contribution is -0.136. The highest BCUT2D eigenvalue weighted by molar-refractivity contribution is 5.99. The summed E-state index contributed by atoms with van der Waals surface area (Å²) >= 11 is 0. The second kappa shape index (κ2) is 7.41. The molecule has 5 nitrogen and oxygen atoms in total. The van der Waals surface area contributed by atoms with E-state index in [1.54, 1.807) is 19.2 Å². The highest BCUT2D eigenvalue weighted by atomic mass is 16.5. The molecule has 1 unspecified atom stereocenters. The van der Waals surface area contributed by atoms with E-state index in [9.17, 15) is 9.90 Å². The number of nitrogens with one attached hydrogen (secondary N) is 1. The number of phenols is 1. The molecule has 3 aromatic carbocycles. The van der Waals surface area contributed by atoms with E-state index < -0.39 is 5.54 Å². The molecule has 4 rings (SSSR count). The van der Waals surface area contributed by atoms with Crippen LogP contribution in [-0.4, -0.2) is 35.1 Å². The molecule has 0 radical (unpaired) electrons. The van der Waals surface area contributed by atoms with E-state index in [2.05, 4.69) is 28.4 Å². The second-order valence-electron chi connectivity index (χ2n) is 7.87. The van der Waals surface area contributed by atoms with Gasteiger partial charge in [0.15, 0.2) is 0 Å². The molecule has 0 aromatic heterocycles. The molecule has 0 spiro atoms. The third-order valence-corrected chi connectivity index (χ3v) is 6.08. The molecule has 150 valence electrons. The van der Waals surface area contributed by atoms with Gasteiger partial charge in [-0.2, -0.15) is 0 Å². The minimum absolute atomic E-state index is 0.0511. The minimum atomic E-state index is -0.582. The molecule has 1 amide bonds. The summed E-state index contributed by atoms with van der Waals surface area (Å²) < 4.78 is 5.49. The fourth-order valence-corrected chi connectivity index (χ4v) is 3.92. The van der Waals surface area contributed by atoms with Gasteiger partial charge in [-0.25, -0.2) is 0 Å². The molecule has 29 heavy (non-hydrogen) atoms. The summed E-state index contributed by atoms with van der Waals surface area (Å²) in [5, 5.41) is 15.1. The van der Waals surface area contributed by atoms with Gasteiger partial charge in [0, 0.05) is 30.2 Å². The smallest absolute Gasteiger partial charge is 0.244 e. The van der Waals surface area contributed by atoms with Gasteiger partial charge in [0.1, 0.15) is 11.5 Å². The Hall–Kier alpha value is -3.05. The Morgan fingerprint density at radius 3 is 2.59 bits per heavy atom. The number of fused-ring (bicyclic) bond motifs is 1. The molecule has 0 aliphatic carbocycles. The summed E-state index contributed by atoms with van der Waals surface area (Å²) in [5.41, 5.74) is 1.99. The van der Waals surface area contributed by atoms with E-state index in [1.807, 2.05) is 38.1 Å². The third kappa shape index (κ3) is 3.42. The SMILES string of the molecule is COc1ccc(CN2CCC2(C)C(=O)Nc2ccc(C)c(O)c2)c2ccccc12. The Kier molecular flexibility index (Phi) is 4.92. The average molecular weight is 390 g/mol.